The molecule has 1 atom stereocenters. The van der Waals surface area contributed by atoms with Gasteiger partial charge in [0.05, 0.1) is 0 Å². The first-order valence-corrected chi connectivity index (χ1v) is 6.07. The molecule has 3 heterocycles. The maximum Gasteiger partial charge on any atom is 0.245 e. The number of H-pyrrole nitrogens is 1. The molecule has 0 amide bonds. The fourth-order valence-electron chi connectivity index (χ4n) is 2.10. The first kappa shape index (κ1) is 11.2. The number of nitrogens with one attached hydrogen (secondary N) is 2. The molecule has 0 aromatic carbocycles. The van der Waals surface area contributed by atoms with Crippen LogP contribution in [0.15, 0.2) is 10.6 Å². The SMILES string of the molecule is Cc1cc(-c2nc(N3CCN[C@@H](C)C3)n[nH]2)no1. The first-order chi connectivity index (χ1) is 8.72. The maximum atomic E-state index is 5.03. The van der Waals surface area contributed by atoms with E-state index in [1.807, 2.05) is 13.0 Å². The Balaban J connectivity index is 1.80. The molecule has 7 nitrogen and oxygen atoms in total. The fraction of sp³-hybridized carbons (Fsp3) is 0.545. The van der Waals surface area contributed by atoms with Gasteiger partial charge < -0.3 is 14.7 Å². The van der Waals surface area contributed by atoms with Gasteiger partial charge in [-0.3, -0.25) is 5.10 Å². The van der Waals surface area contributed by atoms with Crippen LogP contribution in [0.25, 0.3) is 11.5 Å². The second-order valence-corrected chi connectivity index (χ2v) is 4.61. The van der Waals surface area contributed by atoms with Crippen molar-refractivity contribution in [2.45, 2.75) is 19.9 Å². The van der Waals surface area contributed by atoms with E-state index in [9.17, 15) is 0 Å². The Bertz CT molecular complexity index is 533. The molecule has 2 N–H and O–H groups in total. The van der Waals surface area contributed by atoms with E-state index in [-0.39, 0.29) is 0 Å². The highest BCUT2D eigenvalue weighted by Gasteiger charge is 2.20. The van der Waals surface area contributed by atoms with Gasteiger partial charge in [-0.2, -0.15) is 4.98 Å². The van der Waals surface area contributed by atoms with Crippen LogP contribution in [0.1, 0.15) is 12.7 Å². The van der Waals surface area contributed by atoms with Crippen molar-refractivity contribution in [2.24, 2.45) is 0 Å². The lowest BCUT2D eigenvalue weighted by molar-refractivity contribution is 0.399. The highest BCUT2D eigenvalue weighted by Crippen LogP contribution is 2.17. The quantitative estimate of drug-likeness (QED) is 0.808. The van der Waals surface area contributed by atoms with E-state index in [0.717, 1.165) is 31.3 Å². The molecule has 2 aromatic heterocycles. The summed E-state index contributed by atoms with van der Waals surface area (Å²) in [6, 6.07) is 2.29. The lowest BCUT2D eigenvalue weighted by Gasteiger charge is -2.30. The Morgan fingerprint density at radius 3 is 3.11 bits per heavy atom. The van der Waals surface area contributed by atoms with E-state index in [0.29, 0.717) is 17.6 Å². The second-order valence-electron chi connectivity index (χ2n) is 4.61. The average Bonchev–Trinajstić information content (AvgIpc) is 2.97. The number of hydrogen-bond donors (Lipinski definition) is 2. The molecule has 1 aliphatic rings. The van der Waals surface area contributed by atoms with Crippen molar-refractivity contribution in [1.82, 2.24) is 25.7 Å². The lowest BCUT2D eigenvalue weighted by atomic mass is 10.2. The number of aromatic amines is 1. The van der Waals surface area contributed by atoms with Crippen molar-refractivity contribution >= 4 is 5.95 Å². The van der Waals surface area contributed by atoms with Crippen molar-refractivity contribution in [3.8, 4) is 11.5 Å². The van der Waals surface area contributed by atoms with Crippen LogP contribution in [0.5, 0.6) is 0 Å². The van der Waals surface area contributed by atoms with Crippen LogP contribution >= 0.6 is 0 Å². The summed E-state index contributed by atoms with van der Waals surface area (Å²) < 4.78 is 5.03. The summed E-state index contributed by atoms with van der Waals surface area (Å²) in [4.78, 5) is 6.62. The van der Waals surface area contributed by atoms with E-state index < -0.39 is 0 Å². The lowest BCUT2D eigenvalue weighted by Crippen LogP contribution is -2.49. The van der Waals surface area contributed by atoms with Gasteiger partial charge in [-0.05, 0) is 13.8 Å². The van der Waals surface area contributed by atoms with E-state index >= 15 is 0 Å². The number of nitrogens with zero attached hydrogens (tertiary/aromatic N) is 4. The Labute approximate surface area is 105 Å². The molecule has 0 bridgehead atoms. The summed E-state index contributed by atoms with van der Waals surface area (Å²) in [6.45, 7) is 6.79. The van der Waals surface area contributed by atoms with Gasteiger partial charge >= 0.3 is 0 Å². The number of anilines is 1. The van der Waals surface area contributed by atoms with Gasteiger partial charge in [0.1, 0.15) is 5.76 Å². The molecular formula is C11H16N6O. The number of aromatic nitrogens is 4. The third-order valence-electron chi connectivity index (χ3n) is 3.00. The molecule has 1 aliphatic heterocycles. The molecule has 0 spiro atoms. The predicted octanol–water partition coefficient (Wildman–Crippen LogP) is 0.566. The highest BCUT2D eigenvalue weighted by atomic mass is 16.5. The fourth-order valence-corrected chi connectivity index (χ4v) is 2.10. The van der Waals surface area contributed by atoms with Crippen LogP contribution in [-0.2, 0) is 0 Å². The molecule has 7 heteroatoms. The van der Waals surface area contributed by atoms with Crippen LogP contribution in [0.3, 0.4) is 0 Å². The average molecular weight is 248 g/mol. The molecule has 2 aromatic rings. The molecule has 96 valence electrons. The van der Waals surface area contributed by atoms with Crippen LogP contribution in [0.4, 0.5) is 5.95 Å². The van der Waals surface area contributed by atoms with Crippen LogP contribution in [0, 0.1) is 6.92 Å². The van der Waals surface area contributed by atoms with Crippen molar-refractivity contribution in [3.05, 3.63) is 11.8 Å². The minimum absolute atomic E-state index is 0.454. The molecule has 1 fully saturated rings. The van der Waals surface area contributed by atoms with E-state index in [1.54, 1.807) is 0 Å². The van der Waals surface area contributed by atoms with Crippen molar-refractivity contribution in [2.75, 3.05) is 24.5 Å². The van der Waals surface area contributed by atoms with E-state index in [2.05, 4.69) is 37.5 Å². The van der Waals surface area contributed by atoms with Gasteiger partial charge in [-0.15, -0.1) is 5.10 Å². The zero-order valence-corrected chi connectivity index (χ0v) is 10.5. The minimum Gasteiger partial charge on any atom is -0.361 e. The molecule has 0 unspecified atom stereocenters. The molecular weight excluding hydrogens is 232 g/mol. The highest BCUT2D eigenvalue weighted by molar-refractivity contribution is 5.50. The van der Waals surface area contributed by atoms with Gasteiger partial charge in [0, 0.05) is 31.7 Å². The Morgan fingerprint density at radius 2 is 2.39 bits per heavy atom. The Hall–Kier alpha value is -1.89. The molecule has 18 heavy (non-hydrogen) atoms. The number of hydrogen-bond acceptors (Lipinski definition) is 6. The van der Waals surface area contributed by atoms with Gasteiger partial charge in [0.25, 0.3) is 0 Å². The zero-order chi connectivity index (χ0) is 12.5. The second kappa shape index (κ2) is 4.41. The monoisotopic (exact) mass is 248 g/mol. The van der Waals surface area contributed by atoms with E-state index in [1.165, 1.54) is 0 Å². The van der Waals surface area contributed by atoms with Crippen molar-refractivity contribution in [1.29, 1.82) is 0 Å². The summed E-state index contributed by atoms with van der Waals surface area (Å²) in [5, 5.41) is 14.5. The molecule has 0 aliphatic carbocycles. The van der Waals surface area contributed by atoms with Gasteiger partial charge in [-0.1, -0.05) is 5.16 Å². The predicted molar refractivity (Wildman–Crippen MR) is 66.3 cm³/mol. The molecule has 3 rings (SSSR count). The Morgan fingerprint density at radius 1 is 1.50 bits per heavy atom. The van der Waals surface area contributed by atoms with Crippen LogP contribution < -0.4 is 10.2 Å². The Kier molecular flexibility index (Phi) is 2.75. The summed E-state index contributed by atoms with van der Waals surface area (Å²) >= 11 is 0. The smallest absolute Gasteiger partial charge is 0.245 e. The normalized spacial score (nSPS) is 20.3. The molecule has 1 saturated heterocycles. The summed E-state index contributed by atoms with van der Waals surface area (Å²) in [5.74, 6) is 2.13. The first-order valence-electron chi connectivity index (χ1n) is 6.07. The molecule has 0 radical (unpaired) electrons. The number of rotatable bonds is 2. The van der Waals surface area contributed by atoms with Gasteiger partial charge in [0.15, 0.2) is 11.5 Å². The molecule has 0 saturated carbocycles. The largest absolute Gasteiger partial charge is 0.361 e. The maximum absolute atomic E-state index is 5.03. The summed E-state index contributed by atoms with van der Waals surface area (Å²) in [5.41, 5.74) is 0.689. The van der Waals surface area contributed by atoms with Crippen LogP contribution in [0.2, 0.25) is 0 Å². The van der Waals surface area contributed by atoms with Crippen LogP contribution in [-0.4, -0.2) is 46.0 Å². The van der Waals surface area contributed by atoms with Crippen molar-refractivity contribution in [3.63, 3.8) is 0 Å². The van der Waals surface area contributed by atoms with Crippen molar-refractivity contribution < 1.29 is 4.52 Å². The number of aryl methyl sites for hydroxylation is 1. The standard InChI is InChI=1S/C11H16N6O/c1-7-6-17(4-3-12-7)11-13-10(14-15-11)9-5-8(2)18-16-9/h5,7,12H,3-4,6H2,1-2H3,(H,13,14,15)/t7-/m0/s1. The summed E-state index contributed by atoms with van der Waals surface area (Å²) in [6.07, 6.45) is 0. The van der Waals surface area contributed by atoms with Gasteiger partial charge in [-0.25, -0.2) is 0 Å². The van der Waals surface area contributed by atoms with Gasteiger partial charge in [0.2, 0.25) is 5.95 Å². The minimum atomic E-state index is 0.454. The third-order valence-corrected chi connectivity index (χ3v) is 3.00. The summed E-state index contributed by atoms with van der Waals surface area (Å²) in [7, 11) is 0. The van der Waals surface area contributed by atoms with E-state index in [4.69, 9.17) is 4.52 Å². The topological polar surface area (TPSA) is 82.9 Å². The number of piperazine rings is 1. The zero-order valence-electron chi connectivity index (χ0n) is 10.5. The third kappa shape index (κ3) is 2.08.